The molecule has 1 aliphatic rings. The van der Waals surface area contributed by atoms with Crippen LogP contribution in [-0.2, 0) is 4.79 Å². The first kappa shape index (κ1) is 14.4. The van der Waals surface area contributed by atoms with E-state index in [9.17, 15) is 14.7 Å². The molecule has 2 amide bonds. The number of carbonyl (C=O) groups is 2. The summed E-state index contributed by atoms with van der Waals surface area (Å²) in [5, 5.41) is 14.3. The van der Waals surface area contributed by atoms with Gasteiger partial charge < -0.3 is 15.7 Å². The first-order valence-electron chi connectivity index (χ1n) is 6.35. The molecule has 0 bridgehead atoms. The van der Waals surface area contributed by atoms with Gasteiger partial charge in [0.25, 0.3) is 0 Å². The number of carboxylic acids is 1. The Bertz CT molecular complexity index is 330. The molecule has 5 nitrogen and oxygen atoms in total. The van der Waals surface area contributed by atoms with Crippen molar-refractivity contribution in [1.29, 1.82) is 0 Å². The van der Waals surface area contributed by atoms with E-state index in [0.29, 0.717) is 13.0 Å². The third-order valence-electron chi connectivity index (χ3n) is 3.23. The molecule has 1 saturated carbocycles. The molecular formula is C13H20N2O3. The number of terminal acetylenes is 1. The zero-order valence-electron chi connectivity index (χ0n) is 10.4. The van der Waals surface area contributed by atoms with Crippen LogP contribution in [0.4, 0.5) is 4.79 Å². The summed E-state index contributed by atoms with van der Waals surface area (Å²) in [5.41, 5.74) is 0. The van der Waals surface area contributed by atoms with Crippen molar-refractivity contribution in [2.75, 3.05) is 6.54 Å². The molecule has 100 valence electrons. The van der Waals surface area contributed by atoms with Crippen LogP contribution in [0.5, 0.6) is 0 Å². The maximum absolute atomic E-state index is 11.5. The summed E-state index contributed by atoms with van der Waals surface area (Å²) in [6, 6.07) is -1.25. The molecule has 0 aromatic heterocycles. The number of hydrogen-bond acceptors (Lipinski definition) is 2. The van der Waals surface area contributed by atoms with Crippen molar-refractivity contribution < 1.29 is 14.7 Å². The zero-order chi connectivity index (χ0) is 13.4. The van der Waals surface area contributed by atoms with Gasteiger partial charge in [-0.3, -0.25) is 0 Å². The predicted octanol–water partition coefficient (Wildman–Crippen LogP) is 1.34. The van der Waals surface area contributed by atoms with Gasteiger partial charge in [0, 0.05) is 13.0 Å². The third kappa shape index (κ3) is 4.66. The van der Waals surface area contributed by atoms with Crippen LogP contribution >= 0.6 is 0 Å². The molecule has 1 atom stereocenters. The van der Waals surface area contributed by atoms with Gasteiger partial charge in [-0.15, -0.1) is 12.3 Å². The largest absolute Gasteiger partial charge is 0.480 e. The predicted molar refractivity (Wildman–Crippen MR) is 68.0 cm³/mol. The van der Waals surface area contributed by atoms with Gasteiger partial charge in [0.15, 0.2) is 0 Å². The van der Waals surface area contributed by atoms with Gasteiger partial charge >= 0.3 is 12.0 Å². The van der Waals surface area contributed by atoms with Crippen molar-refractivity contribution in [3.63, 3.8) is 0 Å². The maximum atomic E-state index is 11.5. The molecule has 1 aliphatic carbocycles. The lowest BCUT2D eigenvalue weighted by Crippen LogP contribution is -2.50. The van der Waals surface area contributed by atoms with Crippen molar-refractivity contribution in [1.82, 2.24) is 10.6 Å². The number of carbonyl (C=O) groups excluding carboxylic acids is 1. The van der Waals surface area contributed by atoms with E-state index in [2.05, 4.69) is 16.6 Å². The minimum Gasteiger partial charge on any atom is -0.480 e. The SMILES string of the molecule is C#CCCNC(=O)NC(C(=O)O)C1CCCCC1. The van der Waals surface area contributed by atoms with Crippen LogP contribution in [0.2, 0.25) is 0 Å². The molecule has 0 saturated heterocycles. The average molecular weight is 252 g/mol. The van der Waals surface area contributed by atoms with E-state index in [1.165, 1.54) is 0 Å². The number of aliphatic carboxylic acids is 1. The molecule has 0 aromatic rings. The molecule has 0 radical (unpaired) electrons. The van der Waals surface area contributed by atoms with Crippen LogP contribution in [0, 0.1) is 18.3 Å². The van der Waals surface area contributed by atoms with Gasteiger partial charge in [-0.2, -0.15) is 0 Å². The quantitative estimate of drug-likeness (QED) is 0.510. The molecular weight excluding hydrogens is 232 g/mol. The summed E-state index contributed by atoms with van der Waals surface area (Å²) in [7, 11) is 0. The summed E-state index contributed by atoms with van der Waals surface area (Å²) >= 11 is 0. The summed E-state index contributed by atoms with van der Waals surface area (Å²) in [5.74, 6) is 1.48. The van der Waals surface area contributed by atoms with Gasteiger partial charge in [-0.05, 0) is 18.8 Å². The minimum absolute atomic E-state index is 0.0367. The van der Waals surface area contributed by atoms with E-state index in [0.717, 1.165) is 32.1 Å². The van der Waals surface area contributed by atoms with Crippen molar-refractivity contribution in [3.05, 3.63) is 0 Å². The second-order valence-electron chi connectivity index (χ2n) is 4.57. The topological polar surface area (TPSA) is 78.4 Å². The highest BCUT2D eigenvalue weighted by atomic mass is 16.4. The molecule has 5 heteroatoms. The highest BCUT2D eigenvalue weighted by Gasteiger charge is 2.30. The Labute approximate surface area is 107 Å². The second kappa shape index (κ2) is 7.59. The molecule has 3 N–H and O–H groups in total. The van der Waals surface area contributed by atoms with Crippen molar-refractivity contribution in [2.45, 2.75) is 44.6 Å². The Kier molecular flexibility index (Phi) is 6.06. The van der Waals surface area contributed by atoms with Crippen LogP contribution in [0.15, 0.2) is 0 Å². The first-order chi connectivity index (χ1) is 8.65. The molecule has 0 aliphatic heterocycles. The van der Waals surface area contributed by atoms with Gasteiger partial charge in [0.1, 0.15) is 6.04 Å². The summed E-state index contributed by atoms with van der Waals surface area (Å²) in [4.78, 5) is 22.7. The number of hydrogen-bond donors (Lipinski definition) is 3. The molecule has 1 fully saturated rings. The van der Waals surface area contributed by atoms with Crippen LogP contribution in [-0.4, -0.2) is 29.7 Å². The minimum atomic E-state index is -0.964. The molecule has 0 spiro atoms. The second-order valence-corrected chi connectivity index (χ2v) is 4.57. The Morgan fingerprint density at radius 3 is 2.56 bits per heavy atom. The number of nitrogens with one attached hydrogen (secondary N) is 2. The Hall–Kier alpha value is -1.70. The van der Waals surface area contributed by atoms with E-state index in [-0.39, 0.29) is 5.92 Å². The lowest BCUT2D eigenvalue weighted by molar-refractivity contribution is -0.141. The molecule has 1 unspecified atom stereocenters. The Balaban J connectivity index is 2.44. The number of carboxylic acid groups (broad SMARTS) is 1. The van der Waals surface area contributed by atoms with Gasteiger partial charge in [-0.25, -0.2) is 9.59 Å². The molecule has 0 aromatic carbocycles. The van der Waals surface area contributed by atoms with Crippen molar-refractivity contribution >= 4 is 12.0 Å². The molecule has 0 heterocycles. The summed E-state index contributed by atoms with van der Waals surface area (Å²) in [6.45, 7) is 0.360. The highest BCUT2D eigenvalue weighted by Crippen LogP contribution is 2.26. The lowest BCUT2D eigenvalue weighted by atomic mass is 9.84. The maximum Gasteiger partial charge on any atom is 0.326 e. The third-order valence-corrected chi connectivity index (χ3v) is 3.23. The normalized spacial score (nSPS) is 17.5. The van der Waals surface area contributed by atoms with Crippen LogP contribution in [0.3, 0.4) is 0 Å². The van der Waals surface area contributed by atoms with Crippen LogP contribution < -0.4 is 10.6 Å². The fraction of sp³-hybridized carbons (Fsp3) is 0.692. The first-order valence-corrected chi connectivity index (χ1v) is 6.35. The summed E-state index contributed by atoms with van der Waals surface area (Å²) < 4.78 is 0. The number of amides is 2. The van der Waals surface area contributed by atoms with E-state index >= 15 is 0 Å². The zero-order valence-corrected chi connectivity index (χ0v) is 10.4. The van der Waals surface area contributed by atoms with E-state index < -0.39 is 18.0 Å². The fourth-order valence-corrected chi connectivity index (χ4v) is 2.29. The molecule has 18 heavy (non-hydrogen) atoms. The van der Waals surface area contributed by atoms with Gasteiger partial charge in [0.2, 0.25) is 0 Å². The lowest BCUT2D eigenvalue weighted by Gasteiger charge is -2.28. The fourth-order valence-electron chi connectivity index (χ4n) is 2.29. The number of rotatable bonds is 5. The Morgan fingerprint density at radius 2 is 2.00 bits per heavy atom. The van der Waals surface area contributed by atoms with Crippen LogP contribution in [0.1, 0.15) is 38.5 Å². The standard InChI is InChI=1S/C13H20N2O3/c1-2-3-9-14-13(18)15-11(12(16)17)10-7-5-4-6-8-10/h1,10-11H,3-9H2,(H,16,17)(H2,14,15,18). The van der Waals surface area contributed by atoms with Crippen molar-refractivity contribution in [2.24, 2.45) is 5.92 Å². The Morgan fingerprint density at radius 1 is 1.33 bits per heavy atom. The monoisotopic (exact) mass is 252 g/mol. The average Bonchev–Trinajstić information content (AvgIpc) is 2.37. The highest BCUT2D eigenvalue weighted by molar-refractivity contribution is 5.82. The van der Waals surface area contributed by atoms with E-state index in [4.69, 9.17) is 6.42 Å². The van der Waals surface area contributed by atoms with Gasteiger partial charge in [-0.1, -0.05) is 19.3 Å². The van der Waals surface area contributed by atoms with Crippen molar-refractivity contribution in [3.8, 4) is 12.3 Å². The van der Waals surface area contributed by atoms with Crippen LogP contribution in [0.25, 0.3) is 0 Å². The summed E-state index contributed by atoms with van der Waals surface area (Å²) in [6.07, 6.45) is 10.5. The molecule has 1 rings (SSSR count). The van der Waals surface area contributed by atoms with Gasteiger partial charge in [0.05, 0.1) is 0 Å². The smallest absolute Gasteiger partial charge is 0.326 e. The van der Waals surface area contributed by atoms with E-state index in [1.807, 2.05) is 0 Å². The number of urea groups is 1. The van der Waals surface area contributed by atoms with E-state index in [1.54, 1.807) is 0 Å².